The second kappa shape index (κ2) is 5.95. The maximum Gasteiger partial charge on any atom is 0.0629 e. The molecule has 0 spiro atoms. The minimum atomic E-state index is 0.979. The van der Waals surface area contributed by atoms with Crippen molar-refractivity contribution in [1.82, 2.24) is 0 Å². The van der Waals surface area contributed by atoms with Gasteiger partial charge < -0.3 is 0 Å². The smallest absolute Gasteiger partial charge is 0.0629 e. The first-order valence-electron chi connectivity index (χ1n) is 4.30. The van der Waals surface area contributed by atoms with Gasteiger partial charge in [-0.25, -0.2) is 0 Å². The highest BCUT2D eigenvalue weighted by Crippen LogP contribution is 2.07. The molecule has 1 nitrogen and oxygen atoms in total. The van der Waals surface area contributed by atoms with E-state index in [1.165, 1.54) is 0 Å². The fourth-order valence-corrected chi connectivity index (χ4v) is 0.868. The minimum Gasteiger partial charge on any atom is -0.257 e. The summed E-state index contributed by atoms with van der Waals surface area (Å²) in [5, 5.41) is 0. The fourth-order valence-electron chi connectivity index (χ4n) is 0.868. The summed E-state index contributed by atoms with van der Waals surface area (Å²) < 4.78 is 0. The van der Waals surface area contributed by atoms with Crippen LogP contribution in [0.4, 0.5) is 5.69 Å². The van der Waals surface area contributed by atoms with Crippen LogP contribution in [0.3, 0.4) is 0 Å². The molecule has 0 radical (unpaired) electrons. The van der Waals surface area contributed by atoms with Crippen molar-refractivity contribution in [2.24, 2.45) is 4.99 Å². The predicted molar refractivity (Wildman–Crippen MR) is 58.5 cm³/mol. The summed E-state index contributed by atoms with van der Waals surface area (Å²) in [7, 11) is 0. The topological polar surface area (TPSA) is 12.4 Å². The van der Waals surface area contributed by atoms with Crippen molar-refractivity contribution in [3.8, 4) is 0 Å². The Morgan fingerprint density at radius 2 is 1.77 bits per heavy atom. The van der Waals surface area contributed by atoms with E-state index in [2.05, 4.69) is 4.99 Å². The van der Waals surface area contributed by atoms with E-state index in [-0.39, 0.29) is 0 Å². The number of para-hydroxylation sites is 1. The normalized spacial score (nSPS) is 12.1. The summed E-state index contributed by atoms with van der Waals surface area (Å²) >= 11 is 0. The lowest BCUT2D eigenvalue weighted by Crippen LogP contribution is -1.64. The van der Waals surface area contributed by atoms with Crippen LogP contribution >= 0.6 is 0 Å². The maximum atomic E-state index is 4.23. The largest absolute Gasteiger partial charge is 0.257 e. The predicted octanol–water partition coefficient (Wildman–Crippen LogP) is 3.52. The Hall–Kier alpha value is -1.63. The van der Waals surface area contributed by atoms with Gasteiger partial charge in [-0.1, -0.05) is 36.4 Å². The molecule has 0 saturated carbocycles. The number of hydrogen-bond donors (Lipinski definition) is 0. The van der Waals surface area contributed by atoms with Crippen LogP contribution < -0.4 is 0 Å². The first-order valence-corrected chi connectivity index (χ1v) is 4.30. The number of rotatable bonds is 3. The van der Waals surface area contributed by atoms with Crippen LogP contribution in [-0.4, -0.2) is 6.21 Å². The molecule has 0 amide bonds. The van der Waals surface area contributed by atoms with Gasteiger partial charge in [-0.05, 0) is 25.1 Å². The summed E-state index contributed by atoms with van der Waals surface area (Å²) in [6.45, 7) is 1.98. The average Bonchev–Trinajstić information content (AvgIpc) is 2.19. The van der Waals surface area contributed by atoms with Crippen LogP contribution in [0.25, 0.3) is 0 Å². The Morgan fingerprint density at radius 3 is 2.46 bits per heavy atom. The molecule has 0 unspecified atom stereocenters. The van der Waals surface area contributed by atoms with Crippen LogP contribution in [0, 0.1) is 0 Å². The fraction of sp³-hybridized carbons (Fsp3) is 0.0833. The SMILES string of the molecule is C/C=C\C=C/C=Nc1ccccc1. The third-order valence-electron chi connectivity index (χ3n) is 1.48. The van der Waals surface area contributed by atoms with E-state index in [1.807, 2.05) is 61.6 Å². The second-order valence-electron chi connectivity index (χ2n) is 2.52. The van der Waals surface area contributed by atoms with E-state index in [0.717, 1.165) is 5.69 Å². The van der Waals surface area contributed by atoms with Gasteiger partial charge in [-0.2, -0.15) is 0 Å². The van der Waals surface area contributed by atoms with Gasteiger partial charge >= 0.3 is 0 Å². The Morgan fingerprint density at radius 1 is 1.00 bits per heavy atom. The molecule has 1 heteroatoms. The van der Waals surface area contributed by atoms with Gasteiger partial charge in [0.15, 0.2) is 0 Å². The van der Waals surface area contributed by atoms with Crippen LogP contribution in [-0.2, 0) is 0 Å². The lowest BCUT2D eigenvalue weighted by Gasteiger charge is -1.87. The molecule has 0 saturated heterocycles. The highest BCUT2D eigenvalue weighted by molar-refractivity contribution is 5.74. The maximum absolute atomic E-state index is 4.23. The van der Waals surface area contributed by atoms with Gasteiger partial charge in [-0.3, -0.25) is 4.99 Å². The zero-order chi connectivity index (χ0) is 9.36. The molecule has 1 aromatic rings. The van der Waals surface area contributed by atoms with Crippen LogP contribution in [0.5, 0.6) is 0 Å². The molecule has 0 aliphatic carbocycles. The molecule has 66 valence electrons. The number of aliphatic imine (C=N–C) groups is 1. The van der Waals surface area contributed by atoms with Gasteiger partial charge in [0.1, 0.15) is 0 Å². The van der Waals surface area contributed by atoms with E-state index in [9.17, 15) is 0 Å². The number of benzene rings is 1. The van der Waals surface area contributed by atoms with Gasteiger partial charge in [0.05, 0.1) is 5.69 Å². The van der Waals surface area contributed by atoms with Gasteiger partial charge in [0.25, 0.3) is 0 Å². The van der Waals surface area contributed by atoms with Crippen LogP contribution in [0.1, 0.15) is 6.92 Å². The molecule has 0 atom stereocenters. The molecule has 0 aromatic heterocycles. The molecule has 1 rings (SSSR count). The molecule has 0 heterocycles. The van der Waals surface area contributed by atoms with Crippen molar-refractivity contribution >= 4 is 11.9 Å². The van der Waals surface area contributed by atoms with Crippen molar-refractivity contribution in [3.05, 3.63) is 54.6 Å². The summed E-state index contributed by atoms with van der Waals surface area (Å²) in [6.07, 6.45) is 9.60. The summed E-state index contributed by atoms with van der Waals surface area (Å²) in [5.74, 6) is 0. The Kier molecular flexibility index (Phi) is 4.33. The third-order valence-corrected chi connectivity index (χ3v) is 1.48. The quantitative estimate of drug-likeness (QED) is 0.487. The van der Waals surface area contributed by atoms with Crippen molar-refractivity contribution in [3.63, 3.8) is 0 Å². The highest BCUT2D eigenvalue weighted by Gasteiger charge is 1.79. The lowest BCUT2D eigenvalue weighted by atomic mass is 10.3. The van der Waals surface area contributed by atoms with Crippen LogP contribution in [0.15, 0.2) is 59.6 Å². The highest BCUT2D eigenvalue weighted by atomic mass is 14.7. The zero-order valence-electron chi connectivity index (χ0n) is 7.72. The molecule has 1 aromatic carbocycles. The van der Waals surface area contributed by atoms with E-state index >= 15 is 0 Å². The number of hydrogen-bond acceptors (Lipinski definition) is 1. The van der Waals surface area contributed by atoms with Crippen molar-refractivity contribution in [2.45, 2.75) is 6.92 Å². The van der Waals surface area contributed by atoms with E-state index in [0.29, 0.717) is 0 Å². The molecule has 0 N–H and O–H groups in total. The molecule has 0 fully saturated rings. The van der Waals surface area contributed by atoms with Crippen molar-refractivity contribution in [2.75, 3.05) is 0 Å². The summed E-state index contributed by atoms with van der Waals surface area (Å²) in [4.78, 5) is 4.23. The van der Waals surface area contributed by atoms with Crippen molar-refractivity contribution in [1.29, 1.82) is 0 Å². The Labute approximate surface area is 79.1 Å². The molecule has 0 aliphatic rings. The summed E-state index contributed by atoms with van der Waals surface area (Å²) in [6, 6.07) is 9.87. The van der Waals surface area contributed by atoms with E-state index in [4.69, 9.17) is 0 Å². The lowest BCUT2D eigenvalue weighted by molar-refractivity contribution is 1.54. The monoisotopic (exact) mass is 171 g/mol. The minimum absolute atomic E-state index is 0.979. The Bertz CT molecular complexity index is 307. The molecular weight excluding hydrogens is 158 g/mol. The van der Waals surface area contributed by atoms with E-state index < -0.39 is 0 Å². The number of allylic oxidation sites excluding steroid dienone is 4. The summed E-state index contributed by atoms with van der Waals surface area (Å²) in [5.41, 5.74) is 0.979. The van der Waals surface area contributed by atoms with Gasteiger partial charge in [-0.15, -0.1) is 0 Å². The molecule has 13 heavy (non-hydrogen) atoms. The standard InChI is InChI=1S/C12H13N/c1-2-3-4-8-11-13-12-9-6-5-7-10-12/h2-11H,1H3/b3-2-,8-4-,13-11?. The molecule has 0 aliphatic heterocycles. The number of nitrogens with zero attached hydrogens (tertiary/aromatic N) is 1. The first-order chi connectivity index (χ1) is 6.43. The van der Waals surface area contributed by atoms with Gasteiger partial charge in [0, 0.05) is 6.21 Å². The second-order valence-corrected chi connectivity index (χ2v) is 2.52. The molecular formula is C12H13N. The van der Waals surface area contributed by atoms with Gasteiger partial charge in [0.2, 0.25) is 0 Å². The first kappa shape index (κ1) is 9.46. The zero-order valence-corrected chi connectivity index (χ0v) is 7.72. The van der Waals surface area contributed by atoms with Crippen LogP contribution in [0.2, 0.25) is 0 Å². The Balaban J connectivity index is 2.50. The average molecular weight is 171 g/mol. The third kappa shape index (κ3) is 4.06. The van der Waals surface area contributed by atoms with E-state index in [1.54, 1.807) is 6.21 Å². The molecule has 0 bridgehead atoms. The van der Waals surface area contributed by atoms with Crippen molar-refractivity contribution < 1.29 is 0 Å².